The van der Waals surface area contributed by atoms with Crippen LogP contribution < -0.4 is 4.90 Å². The molecular weight excluding hydrogens is 569 g/mol. The van der Waals surface area contributed by atoms with Crippen molar-refractivity contribution in [3.8, 4) is 0 Å². The van der Waals surface area contributed by atoms with Gasteiger partial charge in [0, 0.05) is 35.3 Å². The largest absolute Gasteiger partial charge is 0.465 e. The van der Waals surface area contributed by atoms with Crippen LogP contribution in [0.4, 0.5) is 36.8 Å². The number of nitrogens with zero attached hydrogens (tertiary/aromatic N) is 2. The number of ether oxygens (including phenoxy) is 1. The number of piperazine rings is 1. The average Bonchev–Trinajstić information content (AvgIpc) is 2.73. The smallest absolute Gasteiger partial charge is 0.430 e. The number of anilines is 1. The van der Waals surface area contributed by atoms with Crippen molar-refractivity contribution in [3.63, 3.8) is 0 Å². The zero-order chi connectivity index (χ0) is 24.4. The molecule has 2 aromatic rings. The Bertz CT molecular complexity index is 962. The van der Waals surface area contributed by atoms with E-state index in [2.05, 4.69) is 4.74 Å². The maximum absolute atomic E-state index is 14.0. The van der Waals surface area contributed by atoms with E-state index >= 15 is 0 Å². The molecule has 5 nitrogen and oxygen atoms in total. The summed E-state index contributed by atoms with van der Waals surface area (Å²) in [6.45, 7) is -0.0359. The molecule has 1 aliphatic rings. The van der Waals surface area contributed by atoms with Crippen molar-refractivity contribution in [3.05, 3.63) is 63.2 Å². The molecule has 1 saturated heterocycles. The lowest BCUT2D eigenvalue weighted by Crippen LogP contribution is -2.56. The van der Waals surface area contributed by atoms with Crippen molar-refractivity contribution < 1.29 is 41.0 Å². The SMILES string of the molecule is O=C(O)N1CCN(c2ccc(C(OCc3ccccc3)(C(F)(F)F)C(F)(F)F)cc2I)CC1. The van der Waals surface area contributed by atoms with Crippen LogP contribution in [0.3, 0.4) is 0 Å². The Morgan fingerprint density at radius 2 is 1.52 bits per heavy atom. The fraction of sp³-hybridized carbons (Fsp3) is 0.381. The van der Waals surface area contributed by atoms with Crippen LogP contribution in [0.1, 0.15) is 11.1 Å². The second-order valence-corrected chi connectivity index (χ2v) is 8.54. The quantitative estimate of drug-likeness (QED) is 0.364. The number of benzene rings is 2. The molecule has 1 N–H and O–H groups in total. The molecule has 0 saturated carbocycles. The van der Waals surface area contributed by atoms with Gasteiger partial charge in [-0.05, 0) is 40.3 Å². The first-order valence-corrected chi connectivity index (χ1v) is 10.8. The van der Waals surface area contributed by atoms with E-state index in [1.807, 2.05) is 0 Å². The number of hydrogen-bond acceptors (Lipinski definition) is 3. The van der Waals surface area contributed by atoms with Crippen molar-refractivity contribution in [1.29, 1.82) is 0 Å². The van der Waals surface area contributed by atoms with E-state index in [9.17, 15) is 31.1 Å². The maximum Gasteiger partial charge on any atom is 0.430 e. The van der Waals surface area contributed by atoms with Gasteiger partial charge in [0.25, 0.3) is 5.60 Å². The summed E-state index contributed by atoms with van der Waals surface area (Å²) >= 11 is 1.68. The summed E-state index contributed by atoms with van der Waals surface area (Å²) in [5, 5.41) is 9.04. The highest BCUT2D eigenvalue weighted by atomic mass is 127. The van der Waals surface area contributed by atoms with Crippen molar-refractivity contribution in [2.75, 3.05) is 31.1 Å². The number of halogens is 7. The van der Waals surface area contributed by atoms with Gasteiger partial charge in [-0.2, -0.15) is 26.3 Å². The summed E-state index contributed by atoms with van der Waals surface area (Å²) in [6, 6.07) is 10.1. The fourth-order valence-electron chi connectivity index (χ4n) is 3.62. The molecule has 1 aliphatic heterocycles. The van der Waals surface area contributed by atoms with E-state index in [4.69, 9.17) is 5.11 Å². The number of alkyl halides is 6. The predicted octanol–water partition coefficient (Wildman–Crippen LogP) is 5.63. The van der Waals surface area contributed by atoms with Crippen molar-refractivity contribution in [2.45, 2.75) is 24.6 Å². The molecule has 33 heavy (non-hydrogen) atoms. The van der Waals surface area contributed by atoms with Gasteiger partial charge >= 0.3 is 18.4 Å². The Balaban J connectivity index is 1.97. The Kier molecular flexibility index (Phi) is 7.36. The third kappa shape index (κ3) is 5.15. The molecule has 0 atom stereocenters. The van der Waals surface area contributed by atoms with Gasteiger partial charge in [0.15, 0.2) is 0 Å². The molecular formula is C21H19F6IN2O3. The highest BCUT2D eigenvalue weighted by Crippen LogP contribution is 2.53. The van der Waals surface area contributed by atoms with E-state index in [0.29, 0.717) is 5.69 Å². The zero-order valence-corrected chi connectivity index (χ0v) is 19.1. The number of carbonyl (C=O) groups is 1. The highest BCUT2D eigenvalue weighted by molar-refractivity contribution is 14.1. The minimum atomic E-state index is -5.78. The van der Waals surface area contributed by atoms with Crippen LogP contribution in [0.15, 0.2) is 48.5 Å². The Hall–Kier alpha value is -2.22. The topological polar surface area (TPSA) is 53.0 Å². The average molecular weight is 588 g/mol. The first kappa shape index (κ1) is 25.4. The zero-order valence-electron chi connectivity index (χ0n) is 17.0. The number of hydrogen-bond donors (Lipinski definition) is 1. The Labute approximate surface area is 199 Å². The normalized spacial score (nSPS) is 15.6. The minimum absolute atomic E-state index is 0.162. The van der Waals surface area contributed by atoms with E-state index < -0.39 is 36.2 Å². The lowest BCUT2D eigenvalue weighted by molar-refractivity contribution is -0.392. The molecule has 0 radical (unpaired) electrons. The lowest BCUT2D eigenvalue weighted by atomic mass is 9.91. The number of rotatable bonds is 5. The molecule has 0 unspecified atom stereocenters. The van der Waals surface area contributed by atoms with Crippen LogP contribution >= 0.6 is 22.6 Å². The van der Waals surface area contributed by atoms with Gasteiger partial charge in [0.2, 0.25) is 0 Å². The Morgan fingerprint density at radius 1 is 0.939 bits per heavy atom. The second-order valence-electron chi connectivity index (χ2n) is 7.37. The molecule has 180 valence electrons. The summed E-state index contributed by atoms with van der Waals surface area (Å²) in [7, 11) is 0. The van der Waals surface area contributed by atoms with Crippen LogP contribution in [0.5, 0.6) is 0 Å². The van der Waals surface area contributed by atoms with Crippen LogP contribution in [-0.2, 0) is 16.9 Å². The predicted molar refractivity (Wildman–Crippen MR) is 116 cm³/mol. The van der Waals surface area contributed by atoms with Crippen LogP contribution in [-0.4, -0.2) is 54.6 Å². The first-order valence-electron chi connectivity index (χ1n) is 9.71. The standard InChI is InChI=1S/C21H19F6IN2O3/c22-20(23,24)19(21(25,26)27,33-13-14-4-2-1-3-5-14)15-6-7-17(16(28)12-15)29-8-10-30(11-9-29)18(31)32/h1-7,12H,8-11,13H2,(H,31,32). The van der Waals surface area contributed by atoms with Crippen LogP contribution in [0, 0.1) is 3.57 Å². The van der Waals surface area contributed by atoms with Crippen molar-refractivity contribution in [1.82, 2.24) is 4.90 Å². The van der Waals surface area contributed by atoms with Gasteiger partial charge in [0.1, 0.15) is 0 Å². The van der Waals surface area contributed by atoms with E-state index in [1.54, 1.807) is 33.6 Å². The molecule has 12 heteroatoms. The fourth-order valence-corrected chi connectivity index (χ4v) is 4.48. The van der Waals surface area contributed by atoms with Gasteiger partial charge < -0.3 is 19.6 Å². The van der Waals surface area contributed by atoms with E-state index in [0.717, 1.165) is 12.1 Å². The van der Waals surface area contributed by atoms with Gasteiger partial charge in [-0.3, -0.25) is 0 Å². The molecule has 0 bridgehead atoms. The lowest BCUT2D eigenvalue weighted by Gasteiger charge is -2.38. The van der Waals surface area contributed by atoms with Crippen LogP contribution in [0.25, 0.3) is 0 Å². The summed E-state index contributed by atoms with van der Waals surface area (Å²) < 4.78 is 89.1. The minimum Gasteiger partial charge on any atom is -0.465 e. The third-order valence-corrected chi connectivity index (χ3v) is 6.21. The number of carboxylic acid groups (broad SMARTS) is 1. The molecule has 1 fully saturated rings. The molecule has 1 amide bonds. The molecule has 0 aromatic heterocycles. The van der Waals surface area contributed by atoms with E-state index in [1.165, 1.54) is 35.2 Å². The summed E-state index contributed by atoms with van der Waals surface area (Å²) in [5.41, 5.74) is -5.00. The molecule has 0 spiro atoms. The van der Waals surface area contributed by atoms with Crippen molar-refractivity contribution in [2.24, 2.45) is 0 Å². The van der Waals surface area contributed by atoms with Gasteiger partial charge in [-0.25, -0.2) is 4.79 Å². The van der Waals surface area contributed by atoms with Gasteiger partial charge in [-0.1, -0.05) is 36.4 Å². The monoisotopic (exact) mass is 588 g/mol. The van der Waals surface area contributed by atoms with Crippen LogP contribution in [0.2, 0.25) is 0 Å². The summed E-state index contributed by atoms with van der Waals surface area (Å²) in [6.07, 6.45) is -12.6. The highest BCUT2D eigenvalue weighted by Gasteiger charge is 2.73. The summed E-state index contributed by atoms with van der Waals surface area (Å²) in [4.78, 5) is 14.0. The van der Waals surface area contributed by atoms with Crippen molar-refractivity contribution >= 4 is 34.4 Å². The first-order chi connectivity index (χ1) is 15.4. The second kappa shape index (κ2) is 9.57. The number of amides is 1. The molecule has 2 aromatic carbocycles. The Morgan fingerprint density at radius 3 is 2.00 bits per heavy atom. The molecule has 3 rings (SSSR count). The third-order valence-electron chi connectivity index (χ3n) is 5.34. The maximum atomic E-state index is 14.0. The molecule has 1 heterocycles. The summed E-state index contributed by atoms with van der Waals surface area (Å²) in [5.74, 6) is 0. The van der Waals surface area contributed by atoms with E-state index in [-0.39, 0.29) is 35.3 Å². The molecule has 0 aliphatic carbocycles. The van der Waals surface area contributed by atoms with Gasteiger partial charge in [-0.15, -0.1) is 0 Å². The van der Waals surface area contributed by atoms with Gasteiger partial charge in [0.05, 0.1) is 12.3 Å².